The van der Waals surface area contributed by atoms with Gasteiger partial charge in [0, 0.05) is 67.9 Å². The molecular formula is C28H31N7O2S. The Kier molecular flexibility index (Phi) is 6.82. The van der Waals surface area contributed by atoms with Crippen molar-refractivity contribution in [3.8, 4) is 0 Å². The number of carbonyl (C=O) groups excluding carboxylic acids is 1. The van der Waals surface area contributed by atoms with Crippen LogP contribution in [-0.4, -0.2) is 78.2 Å². The predicted octanol–water partition coefficient (Wildman–Crippen LogP) is 4.25. The van der Waals surface area contributed by atoms with Crippen molar-refractivity contribution in [3.63, 3.8) is 0 Å². The third-order valence-corrected chi connectivity index (χ3v) is 8.38. The normalized spacial score (nSPS) is 16.2. The van der Waals surface area contributed by atoms with Crippen LogP contribution in [0.25, 0.3) is 10.2 Å². The Morgan fingerprint density at radius 1 is 0.947 bits per heavy atom. The van der Waals surface area contributed by atoms with Crippen molar-refractivity contribution in [3.05, 3.63) is 64.8 Å². The summed E-state index contributed by atoms with van der Waals surface area (Å²) in [5, 5.41) is 4.64. The number of rotatable bonds is 5. The van der Waals surface area contributed by atoms with Gasteiger partial charge in [0.05, 0.1) is 24.2 Å². The summed E-state index contributed by atoms with van der Waals surface area (Å²) < 4.78 is 5.48. The van der Waals surface area contributed by atoms with E-state index in [-0.39, 0.29) is 5.91 Å². The van der Waals surface area contributed by atoms with Crippen LogP contribution in [0.15, 0.2) is 48.8 Å². The number of nitrogens with one attached hydrogen (secondary N) is 1. The SMILES string of the molecule is Cc1sc2nc(N3CCN(C(=O)c4cccnc4)CC3)nc(Nc3ccc(N4CCOCC4)cc3)c2c1C. The molecule has 6 rings (SSSR count). The van der Waals surface area contributed by atoms with Crippen molar-refractivity contribution in [1.29, 1.82) is 0 Å². The third kappa shape index (κ3) is 4.89. The molecule has 0 atom stereocenters. The van der Waals surface area contributed by atoms with Crippen molar-refractivity contribution < 1.29 is 9.53 Å². The number of morpholine rings is 1. The highest BCUT2D eigenvalue weighted by Crippen LogP contribution is 2.36. The van der Waals surface area contributed by atoms with E-state index in [0.717, 1.165) is 48.0 Å². The lowest BCUT2D eigenvalue weighted by atomic mass is 10.2. The van der Waals surface area contributed by atoms with Gasteiger partial charge in [0.1, 0.15) is 10.6 Å². The van der Waals surface area contributed by atoms with Crippen LogP contribution in [0.4, 0.5) is 23.1 Å². The van der Waals surface area contributed by atoms with Gasteiger partial charge in [-0.2, -0.15) is 4.98 Å². The fraction of sp³-hybridized carbons (Fsp3) is 0.357. The zero-order valence-electron chi connectivity index (χ0n) is 21.7. The molecule has 9 nitrogen and oxygen atoms in total. The number of hydrogen-bond donors (Lipinski definition) is 1. The maximum atomic E-state index is 12.9. The van der Waals surface area contributed by atoms with Crippen LogP contribution < -0.4 is 15.1 Å². The molecule has 0 spiro atoms. The Bertz CT molecular complexity index is 1430. The minimum absolute atomic E-state index is 0.0153. The van der Waals surface area contributed by atoms with Crippen LogP contribution in [0.2, 0.25) is 0 Å². The van der Waals surface area contributed by atoms with Gasteiger partial charge in [-0.25, -0.2) is 4.98 Å². The Morgan fingerprint density at radius 2 is 1.71 bits per heavy atom. The number of piperazine rings is 1. The quantitative estimate of drug-likeness (QED) is 0.411. The van der Waals surface area contributed by atoms with Crippen molar-refractivity contribution in [1.82, 2.24) is 19.9 Å². The van der Waals surface area contributed by atoms with Crippen molar-refractivity contribution in [2.24, 2.45) is 0 Å². The summed E-state index contributed by atoms with van der Waals surface area (Å²) in [4.78, 5) is 35.5. The molecule has 0 unspecified atom stereocenters. The molecule has 2 aliphatic heterocycles. The van der Waals surface area contributed by atoms with Gasteiger partial charge < -0.3 is 24.8 Å². The molecule has 1 N–H and O–H groups in total. The first-order chi connectivity index (χ1) is 18.6. The standard InChI is InChI=1S/C28H31N7O2S/c1-19-20(2)38-26-24(19)25(30-22-5-7-23(8-6-22)33-14-16-37-17-15-33)31-28(32-26)35-12-10-34(11-13-35)27(36)21-4-3-9-29-18-21/h3-9,18H,10-17H2,1-2H3,(H,30,31,32). The fourth-order valence-electron chi connectivity index (χ4n) is 4.97. The van der Waals surface area contributed by atoms with E-state index in [9.17, 15) is 4.79 Å². The molecule has 196 valence electrons. The summed E-state index contributed by atoms with van der Waals surface area (Å²) >= 11 is 1.70. The molecule has 3 aromatic heterocycles. The Balaban J connectivity index is 1.22. The molecule has 4 aromatic rings. The first-order valence-corrected chi connectivity index (χ1v) is 13.8. The number of benzene rings is 1. The minimum atomic E-state index is 0.0153. The van der Waals surface area contributed by atoms with Gasteiger partial charge in [-0.1, -0.05) is 0 Å². The summed E-state index contributed by atoms with van der Waals surface area (Å²) in [5.41, 5.74) is 4.02. The average molecular weight is 530 g/mol. The summed E-state index contributed by atoms with van der Waals surface area (Å²) in [6.45, 7) is 10.2. The molecule has 0 saturated carbocycles. The minimum Gasteiger partial charge on any atom is -0.378 e. The topological polar surface area (TPSA) is 86.7 Å². The van der Waals surface area contributed by atoms with E-state index in [1.54, 1.807) is 29.8 Å². The largest absolute Gasteiger partial charge is 0.378 e. The Labute approximate surface area is 226 Å². The highest BCUT2D eigenvalue weighted by Gasteiger charge is 2.25. The third-order valence-electron chi connectivity index (χ3n) is 7.28. The summed E-state index contributed by atoms with van der Waals surface area (Å²) in [5.74, 6) is 1.53. The number of pyridine rings is 1. The zero-order valence-corrected chi connectivity index (χ0v) is 22.5. The van der Waals surface area contributed by atoms with E-state index < -0.39 is 0 Å². The number of anilines is 4. The second-order valence-electron chi connectivity index (χ2n) is 9.63. The zero-order chi connectivity index (χ0) is 26.1. The Morgan fingerprint density at radius 3 is 2.42 bits per heavy atom. The van der Waals surface area contributed by atoms with E-state index in [1.165, 1.54) is 16.1 Å². The number of thiophene rings is 1. The van der Waals surface area contributed by atoms with E-state index in [2.05, 4.69) is 58.2 Å². The van der Waals surface area contributed by atoms with E-state index >= 15 is 0 Å². The molecule has 0 aliphatic carbocycles. The van der Waals surface area contributed by atoms with Gasteiger partial charge in [-0.15, -0.1) is 11.3 Å². The second kappa shape index (κ2) is 10.5. The van der Waals surface area contributed by atoms with Crippen LogP contribution in [0.5, 0.6) is 0 Å². The van der Waals surface area contributed by atoms with Gasteiger partial charge in [0.2, 0.25) is 5.95 Å². The summed E-state index contributed by atoms with van der Waals surface area (Å²) in [6.07, 6.45) is 3.30. The molecular weight excluding hydrogens is 498 g/mol. The summed E-state index contributed by atoms with van der Waals surface area (Å²) in [7, 11) is 0. The molecule has 2 saturated heterocycles. The lowest BCUT2D eigenvalue weighted by Gasteiger charge is -2.34. The van der Waals surface area contributed by atoms with E-state index in [4.69, 9.17) is 14.7 Å². The van der Waals surface area contributed by atoms with Gasteiger partial charge >= 0.3 is 0 Å². The molecule has 1 aromatic carbocycles. The second-order valence-corrected chi connectivity index (χ2v) is 10.8. The van der Waals surface area contributed by atoms with Gasteiger partial charge in [-0.05, 0) is 55.8 Å². The molecule has 2 fully saturated rings. The number of carbonyl (C=O) groups is 1. The number of aromatic nitrogens is 3. The number of amides is 1. The highest BCUT2D eigenvalue weighted by molar-refractivity contribution is 7.18. The number of hydrogen-bond acceptors (Lipinski definition) is 9. The van der Waals surface area contributed by atoms with Crippen molar-refractivity contribution in [2.45, 2.75) is 13.8 Å². The van der Waals surface area contributed by atoms with E-state index in [1.807, 2.05) is 11.0 Å². The molecule has 5 heterocycles. The maximum Gasteiger partial charge on any atom is 0.255 e. The van der Waals surface area contributed by atoms with Crippen LogP contribution in [0.3, 0.4) is 0 Å². The lowest BCUT2D eigenvalue weighted by Crippen LogP contribution is -2.49. The smallest absolute Gasteiger partial charge is 0.255 e. The van der Waals surface area contributed by atoms with Crippen molar-refractivity contribution in [2.75, 3.05) is 67.6 Å². The monoisotopic (exact) mass is 529 g/mol. The van der Waals surface area contributed by atoms with Crippen LogP contribution in [-0.2, 0) is 4.74 Å². The molecule has 10 heteroatoms. The predicted molar refractivity (Wildman–Crippen MR) is 152 cm³/mol. The van der Waals surface area contributed by atoms with Gasteiger partial charge in [0.25, 0.3) is 5.91 Å². The highest BCUT2D eigenvalue weighted by atomic mass is 32.1. The van der Waals surface area contributed by atoms with Crippen LogP contribution in [0, 0.1) is 13.8 Å². The number of aryl methyl sites for hydroxylation is 2. The van der Waals surface area contributed by atoms with Gasteiger partial charge in [0.15, 0.2) is 0 Å². The summed E-state index contributed by atoms with van der Waals surface area (Å²) in [6, 6.07) is 12.1. The van der Waals surface area contributed by atoms with Gasteiger partial charge in [-0.3, -0.25) is 9.78 Å². The first-order valence-electron chi connectivity index (χ1n) is 13.0. The maximum absolute atomic E-state index is 12.9. The molecule has 38 heavy (non-hydrogen) atoms. The lowest BCUT2D eigenvalue weighted by molar-refractivity contribution is 0.0746. The molecule has 1 amide bonds. The fourth-order valence-corrected chi connectivity index (χ4v) is 5.99. The molecule has 2 aliphatic rings. The van der Waals surface area contributed by atoms with Crippen LogP contribution in [0.1, 0.15) is 20.8 Å². The molecule has 0 bridgehead atoms. The number of ether oxygens (including phenoxy) is 1. The Hall–Kier alpha value is -3.76. The first kappa shape index (κ1) is 24.6. The number of nitrogens with zero attached hydrogens (tertiary/aromatic N) is 6. The number of fused-ring (bicyclic) bond motifs is 1. The van der Waals surface area contributed by atoms with Crippen molar-refractivity contribution >= 4 is 50.6 Å². The van der Waals surface area contributed by atoms with Crippen LogP contribution >= 0.6 is 11.3 Å². The molecule has 0 radical (unpaired) electrons. The van der Waals surface area contributed by atoms with E-state index in [0.29, 0.717) is 37.7 Å². The average Bonchev–Trinajstić information content (AvgIpc) is 3.27.